The monoisotopic (exact) mass is 472 g/mol. The fourth-order valence-electron chi connectivity index (χ4n) is 3.94. The fraction of sp³-hybridized carbons (Fsp3) is 0.227. The van der Waals surface area contributed by atoms with Crippen LogP contribution in [0.2, 0.25) is 0 Å². The lowest BCUT2D eigenvalue weighted by Crippen LogP contribution is -2.36. The lowest BCUT2D eigenvalue weighted by atomic mass is 10.0. The molecule has 33 heavy (non-hydrogen) atoms. The summed E-state index contributed by atoms with van der Waals surface area (Å²) >= 11 is 1.37. The molecule has 2 atom stereocenters. The first kappa shape index (κ1) is 21.3. The highest BCUT2D eigenvalue weighted by Crippen LogP contribution is 2.45. The van der Waals surface area contributed by atoms with E-state index in [-0.39, 0.29) is 17.8 Å². The molecular formula is C22H19F3N6OS. The number of thiophene rings is 1. The predicted octanol–water partition coefficient (Wildman–Crippen LogP) is 5.35. The Labute approximate surface area is 190 Å². The van der Waals surface area contributed by atoms with Crippen molar-refractivity contribution in [1.82, 2.24) is 19.6 Å². The standard InChI is InChI=1S/C22H19F3N6OS/c1-13-10-19(30(29-13)14-6-3-2-4-7-14)28-21(32)15-12-26-31-18(22(23,24)25)11-16(27-20(15)31)17-8-5-9-33-17/h2-10,12,16,18,27H,11H2,1H3,(H,28,32)/t16-,18+/m0/s1. The van der Waals surface area contributed by atoms with E-state index in [1.807, 2.05) is 35.7 Å². The van der Waals surface area contributed by atoms with Gasteiger partial charge in [-0.1, -0.05) is 24.3 Å². The summed E-state index contributed by atoms with van der Waals surface area (Å²) in [5, 5.41) is 16.0. The lowest BCUT2D eigenvalue weighted by Gasteiger charge is -2.33. The van der Waals surface area contributed by atoms with Gasteiger partial charge in [0.05, 0.1) is 23.6 Å². The van der Waals surface area contributed by atoms with Gasteiger partial charge < -0.3 is 10.6 Å². The molecule has 1 aliphatic rings. The quantitative estimate of drug-likeness (QED) is 0.420. The van der Waals surface area contributed by atoms with Crippen molar-refractivity contribution in [1.29, 1.82) is 0 Å². The van der Waals surface area contributed by atoms with Crippen molar-refractivity contribution >= 4 is 28.9 Å². The minimum atomic E-state index is -4.50. The summed E-state index contributed by atoms with van der Waals surface area (Å²) in [6, 6.07) is 12.1. The highest BCUT2D eigenvalue weighted by Gasteiger charge is 2.47. The molecule has 1 aliphatic heterocycles. The molecule has 7 nitrogen and oxygen atoms in total. The second-order valence-electron chi connectivity index (χ2n) is 7.73. The highest BCUT2D eigenvalue weighted by atomic mass is 32.1. The summed E-state index contributed by atoms with van der Waals surface area (Å²) < 4.78 is 43.9. The van der Waals surface area contributed by atoms with Gasteiger partial charge in [-0.2, -0.15) is 23.4 Å². The van der Waals surface area contributed by atoms with Gasteiger partial charge in [-0.05, 0) is 30.5 Å². The maximum absolute atomic E-state index is 13.8. The van der Waals surface area contributed by atoms with E-state index in [4.69, 9.17) is 0 Å². The van der Waals surface area contributed by atoms with Crippen LogP contribution in [-0.2, 0) is 0 Å². The molecule has 3 aromatic heterocycles. The van der Waals surface area contributed by atoms with E-state index in [0.717, 1.165) is 15.2 Å². The fourth-order valence-corrected chi connectivity index (χ4v) is 4.73. The molecule has 0 fully saturated rings. The molecule has 2 N–H and O–H groups in total. The maximum Gasteiger partial charge on any atom is 0.410 e. The third-order valence-corrected chi connectivity index (χ3v) is 6.43. The van der Waals surface area contributed by atoms with Crippen molar-refractivity contribution < 1.29 is 18.0 Å². The van der Waals surface area contributed by atoms with E-state index in [2.05, 4.69) is 20.8 Å². The Bertz CT molecular complexity index is 1280. The minimum Gasteiger partial charge on any atom is -0.362 e. The number of nitrogens with one attached hydrogen (secondary N) is 2. The number of alkyl halides is 3. The van der Waals surface area contributed by atoms with E-state index < -0.39 is 24.2 Å². The molecule has 170 valence electrons. The second kappa shape index (κ2) is 8.07. The smallest absolute Gasteiger partial charge is 0.362 e. The van der Waals surface area contributed by atoms with Gasteiger partial charge in [-0.3, -0.25) is 4.79 Å². The predicted molar refractivity (Wildman–Crippen MR) is 119 cm³/mol. The third kappa shape index (κ3) is 3.99. The Hall–Kier alpha value is -3.60. The summed E-state index contributed by atoms with van der Waals surface area (Å²) in [5.41, 5.74) is 1.45. The number of para-hydroxylation sites is 1. The number of rotatable bonds is 4. The molecule has 5 rings (SSSR count). The zero-order valence-electron chi connectivity index (χ0n) is 17.4. The van der Waals surface area contributed by atoms with Gasteiger partial charge in [0.1, 0.15) is 17.2 Å². The van der Waals surface area contributed by atoms with E-state index in [0.29, 0.717) is 11.5 Å². The van der Waals surface area contributed by atoms with Crippen LogP contribution >= 0.6 is 11.3 Å². The SMILES string of the molecule is Cc1cc(NC(=O)c2cnn3c2N[C@H](c2cccs2)C[C@@H]3C(F)(F)F)n(-c2ccccc2)n1. The van der Waals surface area contributed by atoms with E-state index in [9.17, 15) is 18.0 Å². The van der Waals surface area contributed by atoms with Gasteiger partial charge in [-0.15, -0.1) is 11.3 Å². The molecule has 4 heterocycles. The number of aryl methyl sites for hydroxylation is 1. The normalized spacial score (nSPS) is 17.9. The number of halogens is 3. The zero-order valence-corrected chi connectivity index (χ0v) is 18.2. The van der Waals surface area contributed by atoms with Crippen LogP contribution in [0.4, 0.5) is 24.8 Å². The van der Waals surface area contributed by atoms with Crippen LogP contribution in [0.15, 0.2) is 60.1 Å². The van der Waals surface area contributed by atoms with Crippen molar-refractivity contribution in [3.8, 4) is 5.69 Å². The molecule has 0 radical (unpaired) electrons. The number of amides is 1. The molecule has 11 heteroatoms. The molecule has 0 saturated carbocycles. The molecule has 1 aromatic carbocycles. The molecule has 4 aromatic rings. The average Bonchev–Trinajstić information content (AvgIpc) is 3.52. The molecule has 0 spiro atoms. The Morgan fingerprint density at radius 1 is 1.21 bits per heavy atom. The first-order chi connectivity index (χ1) is 15.8. The minimum absolute atomic E-state index is 0.0315. The Morgan fingerprint density at radius 3 is 2.70 bits per heavy atom. The summed E-state index contributed by atoms with van der Waals surface area (Å²) in [7, 11) is 0. The molecule has 0 aliphatic carbocycles. The molecule has 0 saturated heterocycles. The van der Waals surface area contributed by atoms with Gasteiger partial charge in [-0.25, -0.2) is 9.36 Å². The van der Waals surface area contributed by atoms with Crippen molar-refractivity contribution in [3.05, 3.63) is 76.2 Å². The van der Waals surface area contributed by atoms with E-state index >= 15 is 0 Å². The van der Waals surface area contributed by atoms with Crippen LogP contribution in [0, 0.1) is 6.92 Å². The number of benzene rings is 1. The Kier molecular flexibility index (Phi) is 5.20. The van der Waals surface area contributed by atoms with Crippen LogP contribution in [0.25, 0.3) is 5.69 Å². The summed E-state index contributed by atoms with van der Waals surface area (Å²) in [6.45, 7) is 1.79. The maximum atomic E-state index is 13.8. The first-order valence-corrected chi connectivity index (χ1v) is 11.1. The average molecular weight is 472 g/mol. The number of anilines is 2. The van der Waals surface area contributed by atoms with E-state index in [1.54, 1.807) is 29.8 Å². The molecular weight excluding hydrogens is 453 g/mol. The number of carbonyl (C=O) groups is 1. The third-order valence-electron chi connectivity index (χ3n) is 5.44. The highest BCUT2D eigenvalue weighted by molar-refractivity contribution is 7.10. The van der Waals surface area contributed by atoms with Gasteiger partial charge in [0.2, 0.25) is 0 Å². The van der Waals surface area contributed by atoms with Crippen molar-refractivity contribution in [2.75, 3.05) is 10.6 Å². The molecule has 1 amide bonds. The number of carbonyl (C=O) groups excluding carboxylic acids is 1. The summed E-state index contributed by atoms with van der Waals surface area (Å²) in [6.07, 6.45) is -3.54. The van der Waals surface area contributed by atoms with Crippen LogP contribution in [0.1, 0.15) is 39.4 Å². The topological polar surface area (TPSA) is 76.8 Å². The Morgan fingerprint density at radius 2 is 2.00 bits per heavy atom. The Balaban J connectivity index is 1.49. The van der Waals surface area contributed by atoms with Crippen molar-refractivity contribution in [2.24, 2.45) is 0 Å². The van der Waals surface area contributed by atoms with Gasteiger partial charge >= 0.3 is 6.18 Å². The number of nitrogens with zero attached hydrogens (tertiary/aromatic N) is 4. The molecule has 0 unspecified atom stereocenters. The largest absolute Gasteiger partial charge is 0.410 e. The van der Waals surface area contributed by atoms with Gasteiger partial charge in [0.25, 0.3) is 5.91 Å². The van der Waals surface area contributed by atoms with Gasteiger partial charge in [0, 0.05) is 17.4 Å². The zero-order chi connectivity index (χ0) is 23.2. The van der Waals surface area contributed by atoms with Crippen LogP contribution in [0.5, 0.6) is 0 Å². The number of hydrogen-bond acceptors (Lipinski definition) is 5. The van der Waals surface area contributed by atoms with Crippen molar-refractivity contribution in [3.63, 3.8) is 0 Å². The van der Waals surface area contributed by atoms with Crippen LogP contribution in [-0.4, -0.2) is 31.6 Å². The van der Waals surface area contributed by atoms with Crippen molar-refractivity contribution in [2.45, 2.75) is 31.6 Å². The van der Waals surface area contributed by atoms with E-state index in [1.165, 1.54) is 17.5 Å². The summed E-state index contributed by atoms with van der Waals surface area (Å²) in [4.78, 5) is 13.9. The molecule has 0 bridgehead atoms. The van der Waals surface area contributed by atoms with Gasteiger partial charge in [0.15, 0.2) is 6.04 Å². The first-order valence-electron chi connectivity index (χ1n) is 10.2. The van der Waals surface area contributed by atoms with Crippen LogP contribution < -0.4 is 10.6 Å². The number of fused-ring (bicyclic) bond motifs is 1. The summed E-state index contributed by atoms with van der Waals surface area (Å²) in [5.74, 6) is -0.128. The second-order valence-corrected chi connectivity index (χ2v) is 8.71. The number of hydrogen-bond donors (Lipinski definition) is 2. The van der Waals surface area contributed by atoms with Crippen LogP contribution in [0.3, 0.4) is 0 Å². The number of aromatic nitrogens is 4. The lowest BCUT2D eigenvalue weighted by molar-refractivity contribution is -0.173.